The fourth-order valence-electron chi connectivity index (χ4n) is 1.88. The molecular weight excluding hydrogens is 340 g/mol. The highest BCUT2D eigenvalue weighted by Crippen LogP contribution is 2.36. The average molecular weight is 354 g/mol. The van der Waals surface area contributed by atoms with E-state index in [1.54, 1.807) is 0 Å². The smallest absolute Gasteiger partial charge is 0.0658 e. The van der Waals surface area contributed by atoms with Crippen molar-refractivity contribution in [2.45, 2.75) is 18.7 Å². The van der Waals surface area contributed by atoms with Gasteiger partial charge in [0.25, 0.3) is 0 Å². The number of halogens is 2. The van der Waals surface area contributed by atoms with Crippen LogP contribution in [0.3, 0.4) is 0 Å². The van der Waals surface area contributed by atoms with E-state index in [0.717, 1.165) is 4.47 Å². The molecule has 2 aromatic carbocycles. The molecule has 88 valence electrons. The lowest BCUT2D eigenvalue weighted by Crippen LogP contribution is -1.97. The maximum atomic E-state index is 3.80. The van der Waals surface area contributed by atoms with Crippen LogP contribution in [-0.4, -0.2) is 0 Å². The van der Waals surface area contributed by atoms with E-state index in [0.29, 0.717) is 0 Å². The van der Waals surface area contributed by atoms with Crippen molar-refractivity contribution in [3.8, 4) is 0 Å². The molecule has 0 aliphatic heterocycles. The molecule has 0 fully saturated rings. The molecule has 0 aliphatic carbocycles. The van der Waals surface area contributed by atoms with Crippen LogP contribution in [0.5, 0.6) is 0 Å². The van der Waals surface area contributed by atoms with Crippen molar-refractivity contribution in [3.63, 3.8) is 0 Å². The molecule has 0 nitrogen and oxygen atoms in total. The Balaban J connectivity index is 2.47. The van der Waals surface area contributed by atoms with E-state index >= 15 is 0 Å². The molecule has 0 bridgehead atoms. The van der Waals surface area contributed by atoms with Gasteiger partial charge in [0, 0.05) is 4.47 Å². The third kappa shape index (κ3) is 2.80. The molecule has 0 spiro atoms. The number of alkyl halides is 1. The predicted octanol–water partition coefficient (Wildman–Crippen LogP) is 5.55. The molecule has 17 heavy (non-hydrogen) atoms. The van der Waals surface area contributed by atoms with Crippen LogP contribution in [0.15, 0.2) is 46.9 Å². The monoisotopic (exact) mass is 352 g/mol. The molecule has 2 aromatic rings. The van der Waals surface area contributed by atoms with Crippen molar-refractivity contribution in [1.82, 2.24) is 0 Å². The average Bonchev–Trinajstić information content (AvgIpc) is 2.32. The Labute approximate surface area is 119 Å². The Morgan fingerprint density at radius 2 is 1.65 bits per heavy atom. The van der Waals surface area contributed by atoms with Crippen LogP contribution in [0.1, 0.15) is 27.1 Å². The van der Waals surface area contributed by atoms with Gasteiger partial charge in [-0.3, -0.25) is 0 Å². The van der Waals surface area contributed by atoms with Crippen molar-refractivity contribution >= 4 is 31.9 Å². The van der Waals surface area contributed by atoms with Crippen molar-refractivity contribution in [3.05, 3.63) is 69.2 Å². The fraction of sp³-hybridized carbons (Fsp3) is 0.200. The van der Waals surface area contributed by atoms with Crippen LogP contribution < -0.4 is 0 Å². The van der Waals surface area contributed by atoms with E-state index in [1.165, 1.54) is 22.3 Å². The lowest BCUT2D eigenvalue weighted by Gasteiger charge is -2.15. The first-order valence-corrected chi connectivity index (χ1v) is 7.26. The summed E-state index contributed by atoms with van der Waals surface area (Å²) in [6.45, 7) is 4.28. The van der Waals surface area contributed by atoms with Crippen molar-refractivity contribution in [2.75, 3.05) is 0 Å². The summed E-state index contributed by atoms with van der Waals surface area (Å²) in [4.78, 5) is 0.234. The maximum absolute atomic E-state index is 3.80. The number of rotatable bonds is 2. The summed E-state index contributed by atoms with van der Waals surface area (Å²) in [6.07, 6.45) is 0. The van der Waals surface area contributed by atoms with Crippen molar-refractivity contribution < 1.29 is 0 Å². The first-order valence-electron chi connectivity index (χ1n) is 5.55. The molecule has 0 amide bonds. The molecule has 1 unspecified atom stereocenters. The standard InChI is InChI=1S/C15H14Br2/c1-10-7-8-11(2)13(9-10)15(17)12-5-3-4-6-14(12)16/h3-9,15H,1-2H3. The first kappa shape index (κ1) is 12.8. The van der Waals surface area contributed by atoms with Gasteiger partial charge >= 0.3 is 0 Å². The molecular formula is C15H14Br2. The van der Waals surface area contributed by atoms with Crippen LogP contribution >= 0.6 is 31.9 Å². The molecule has 0 aromatic heterocycles. The van der Waals surface area contributed by atoms with Gasteiger partial charge in [-0.15, -0.1) is 0 Å². The lowest BCUT2D eigenvalue weighted by atomic mass is 9.98. The molecule has 0 N–H and O–H groups in total. The van der Waals surface area contributed by atoms with Crippen LogP contribution in [0, 0.1) is 13.8 Å². The van der Waals surface area contributed by atoms with Gasteiger partial charge in [0.1, 0.15) is 0 Å². The number of hydrogen-bond acceptors (Lipinski definition) is 0. The summed E-state index contributed by atoms with van der Waals surface area (Å²) in [7, 11) is 0. The highest BCUT2D eigenvalue weighted by Gasteiger charge is 2.15. The quantitative estimate of drug-likeness (QED) is 0.621. The van der Waals surface area contributed by atoms with Gasteiger partial charge in [-0.25, -0.2) is 0 Å². The van der Waals surface area contributed by atoms with E-state index in [4.69, 9.17) is 0 Å². The molecule has 0 heterocycles. The first-order chi connectivity index (χ1) is 8.09. The second-order valence-electron chi connectivity index (χ2n) is 4.24. The molecule has 2 rings (SSSR count). The van der Waals surface area contributed by atoms with Gasteiger partial charge in [0.05, 0.1) is 4.83 Å². The van der Waals surface area contributed by atoms with Gasteiger partial charge in [0.2, 0.25) is 0 Å². The summed E-state index contributed by atoms with van der Waals surface area (Å²) in [5.41, 5.74) is 5.20. The lowest BCUT2D eigenvalue weighted by molar-refractivity contribution is 1.12. The van der Waals surface area contributed by atoms with Crippen molar-refractivity contribution in [1.29, 1.82) is 0 Å². The Morgan fingerprint density at radius 1 is 0.941 bits per heavy atom. The summed E-state index contributed by atoms with van der Waals surface area (Å²) in [5.74, 6) is 0. The van der Waals surface area contributed by atoms with Crippen LogP contribution in [-0.2, 0) is 0 Å². The van der Waals surface area contributed by atoms with E-state index < -0.39 is 0 Å². The Bertz CT molecular complexity index is 532. The van der Waals surface area contributed by atoms with Gasteiger partial charge in [0.15, 0.2) is 0 Å². The summed E-state index contributed by atoms with van der Waals surface area (Å²) in [5, 5.41) is 0. The molecule has 2 heteroatoms. The summed E-state index contributed by atoms with van der Waals surface area (Å²) in [6, 6.07) is 14.9. The third-order valence-electron chi connectivity index (χ3n) is 2.89. The zero-order valence-electron chi connectivity index (χ0n) is 9.87. The van der Waals surface area contributed by atoms with Gasteiger partial charge in [-0.1, -0.05) is 73.8 Å². The maximum Gasteiger partial charge on any atom is 0.0658 e. The molecule has 0 saturated heterocycles. The van der Waals surface area contributed by atoms with Crippen LogP contribution in [0.25, 0.3) is 0 Å². The van der Waals surface area contributed by atoms with Crippen LogP contribution in [0.4, 0.5) is 0 Å². The normalized spacial score (nSPS) is 12.5. The summed E-state index contributed by atoms with van der Waals surface area (Å²) < 4.78 is 1.14. The SMILES string of the molecule is Cc1ccc(C)c(C(Br)c2ccccc2Br)c1. The van der Waals surface area contributed by atoms with Gasteiger partial charge < -0.3 is 0 Å². The second kappa shape index (κ2) is 5.36. The highest BCUT2D eigenvalue weighted by atomic mass is 79.9. The van der Waals surface area contributed by atoms with E-state index in [-0.39, 0.29) is 4.83 Å². The van der Waals surface area contributed by atoms with E-state index in [2.05, 4.69) is 82.1 Å². The molecule has 0 saturated carbocycles. The Morgan fingerprint density at radius 3 is 2.35 bits per heavy atom. The minimum atomic E-state index is 0.234. The zero-order valence-corrected chi connectivity index (χ0v) is 13.0. The van der Waals surface area contributed by atoms with Gasteiger partial charge in [-0.05, 0) is 36.6 Å². The molecule has 0 aliphatic rings. The minimum absolute atomic E-state index is 0.234. The highest BCUT2D eigenvalue weighted by molar-refractivity contribution is 9.11. The summed E-state index contributed by atoms with van der Waals surface area (Å²) >= 11 is 7.41. The van der Waals surface area contributed by atoms with Crippen LogP contribution in [0.2, 0.25) is 0 Å². The van der Waals surface area contributed by atoms with E-state index in [1.807, 2.05) is 6.07 Å². The number of aryl methyl sites for hydroxylation is 2. The topological polar surface area (TPSA) is 0 Å². The number of hydrogen-bond donors (Lipinski definition) is 0. The third-order valence-corrected chi connectivity index (χ3v) is 4.59. The van der Waals surface area contributed by atoms with Crippen molar-refractivity contribution in [2.24, 2.45) is 0 Å². The number of benzene rings is 2. The zero-order chi connectivity index (χ0) is 12.4. The van der Waals surface area contributed by atoms with E-state index in [9.17, 15) is 0 Å². The predicted molar refractivity (Wildman–Crippen MR) is 80.8 cm³/mol. The molecule has 0 radical (unpaired) electrons. The Hall–Kier alpha value is -0.600. The van der Waals surface area contributed by atoms with Gasteiger partial charge in [-0.2, -0.15) is 0 Å². The fourth-order valence-corrected chi connectivity index (χ4v) is 3.59. The minimum Gasteiger partial charge on any atom is -0.0786 e. The Kier molecular flexibility index (Phi) is 4.05. The molecule has 1 atom stereocenters. The largest absolute Gasteiger partial charge is 0.0786 e. The second-order valence-corrected chi connectivity index (χ2v) is 6.01.